The summed E-state index contributed by atoms with van der Waals surface area (Å²) in [5.74, 6) is 0.0524. The van der Waals surface area contributed by atoms with Crippen molar-refractivity contribution in [2.24, 2.45) is 0 Å². The number of para-hydroxylation sites is 1. The Bertz CT molecular complexity index is 728. The largest absolute Gasteiger partial charge is 0.350 e. The van der Waals surface area contributed by atoms with Crippen LogP contribution in [0.15, 0.2) is 47.8 Å². The van der Waals surface area contributed by atoms with Gasteiger partial charge in [-0.05, 0) is 43.3 Å². The molecule has 3 rings (SSSR count). The fourth-order valence-electron chi connectivity index (χ4n) is 3.21. The van der Waals surface area contributed by atoms with Crippen molar-refractivity contribution in [2.45, 2.75) is 38.4 Å². The van der Waals surface area contributed by atoms with Gasteiger partial charge in [0, 0.05) is 29.7 Å². The number of thiophene rings is 1. The van der Waals surface area contributed by atoms with Crippen LogP contribution in [-0.4, -0.2) is 42.0 Å². The standard InChI is InChI=1S/C20H26N4O2S/c1-15(19(25)21-14-18-8-5-13-27-18)24-11-9-17(10-12-24)23-20(26)22-16-6-3-2-4-7-16/h2-8,13,15,17H,9-12,14H2,1H3,(H,21,25)(H2,22,23,26). The number of hydrogen-bond acceptors (Lipinski definition) is 4. The van der Waals surface area contributed by atoms with E-state index in [1.54, 1.807) is 11.3 Å². The number of anilines is 1. The summed E-state index contributed by atoms with van der Waals surface area (Å²) in [6, 6.07) is 13.2. The average molecular weight is 387 g/mol. The molecule has 2 aromatic rings. The van der Waals surface area contributed by atoms with Crippen LogP contribution in [0.2, 0.25) is 0 Å². The number of carbonyl (C=O) groups is 2. The third-order valence-electron chi connectivity index (χ3n) is 4.84. The van der Waals surface area contributed by atoms with E-state index in [2.05, 4.69) is 20.9 Å². The van der Waals surface area contributed by atoms with Gasteiger partial charge in [-0.25, -0.2) is 4.79 Å². The van der Waals surface area contributed by atoms with Crippen LogP contribution in [0.1, 0.15) is 24.6 Å². The molecule has 27 heavy (non-hydrogen) atoms. The molecule has 144 valence electrons. The van der Waals surface area contributed by atoms with Crippen molar-refractivity contribution in [1.29, 1.82) is 0 Å². The Balaban J connectivity index is 1.38. The van der Waals surface area contributed by atoms with Crippen LogP contribution in [0.5, 0.6) is 0 Å². The Morgan fingerprint density at radius 1 is 1.15 bits per heavy atom. The fraction of sp³-hybridized carbons (Fsp3) is 0.400. The number of amides is 3. The summed E-state index contributed by atoms with van der Waals surface area (Å²) in [5, 5.41) is 10.9. The van der Waals surface area contributed by atoms with Crippen molar-refractivity contribution >= 4 is 29.0 Å². The van der Waals surface area contributed by atoms with Crippen LogP contribution >= 0.6 is 11.3 Å². The highest BCUT2D eigenvalue weighted by Crippen LogP contribution is 2.15. The Hall–Kier alpha value is -2.38. The Morgan fingerprint density at radius 3 is 2.56 bits per heavy atom. The van der Waals surface area contributed by atoms with E-state index in [0.717, 1.165) is 36.5 Å². The highest BCUT2D eigenvalue weighted by molar-refractivity contribution is 7.09. The van der Waals surface area contributed by atoms with Crippen LogP contribution in [0.3, 0.4) is 0 Å². The Kier molecular flexibility index (Phi) is 6.84. The van der Waals surface area contributed by atoms with Gasteiger partial charge in [0.2, 0.25) is 5.91 Å². The minimum atomic E-state index is -0.179. The third kappa shape index (κ3) is 5.80. The summed E-state index contributed by atoms with van der Waals surface area (Å²) in [6.45, 7) is 4.12. The molecule has 1 fully saturated rings. The van der Waals surface area contributed by atoms with E-state index in [0.29, 0.717) is 6.54 Å². The highest BCUT2D eigenvalue weighted by Gasteiger charge is 2.27. The van der Waals surface area contributed by atoms with Gasteiger partial charge in [0.1, 0.15) is 0 Å². The number of benzene rings is 1. The summed E-state index contributed by atoms with van der Waals surface area (Å²) < 4.78 is 0. The molecule has 0 radical (unpaired) electrons. The Labute approximate surface area is 164 Å². The molecule has 0 aliphatic carbocycles. The van der Waals surface area contributed by atoms with E-state index < -0.39 is 0 Å². The molecule has 1 unspecified atom stereocenters. The van der Waals surface area contributed by atoms with Gasteiger partial charge in [0.15, 0.2) is 0 Å². The molecule has 2 heterocycles. The number of likely N-dealkylation sites (tertiary alicyclic amines) is 1. The van der Waals surface area contributed by atoms with Crippen LogP contribution in [-0.2, 0) is 11.3 Å². The SMILES string of the molecule is CC(C(=O)NCc1cccs1)N1CCC(NC(=O)Nc2ccccc2)CC1. The van der Waals surface area contributed by atoms with Crippen molar-refractivity contribution in [1.82, 2.24) is 15.5 Å². The first-order chi connectivity index (χ1) is 13.1. The van der Waals surface area contributed by atoms with E-state index in [9.17, 15) is 9.59 Å². The maximum atomic E-state index is 12.4. The fourth-order valence-corrected chi connectivity index (χ4v) is 3.85. The maximum absolute atomic E-state index is 12.4. The second-order valence-corrected chi connectivity index (χ2v) is 7.78. The van der Waals surface area contributed by atoms with Crippen LogP contribution in [0, 0.1) is 0 Å². The van der Waals surface area contributed by atoms with E-state index in [-0.39, 0.29) is 24.0 Å². The topological polar surface area (TPSA) is 73.5 Å². The lowest BCUT2D eigenvalue weighted by Crippen LogP contribution is -2.52. The number of hydrogen-bond donors (Lipinski definition) is 3. The van der Waals surface area contributed by atoms with Gasteiger partial charge in [-0.3, -0.25) is 9.69 Å². The number of nitrogens with zero attached hydrogens (tertiary/aromatic N) is 1. The molecule has 1 aliphatic heterocycles. The minimum absolute atomic E-state index is 0.0524. The highest BCUT2D eigenvalue weighted by atomic mass is 32.1. The minimum Gasteiger partial charge on any atom is -0.350 e. The molecule has 0 bridgehead atoms. The second-order valence-electron chi connectivity index (χ2n) is 6.75. The zero-order valence-corrected chi connectivity index (χ0v) is 16.3. The molecule has 3 amide bonds. The predicted octanol–water partition coefficient (Wildman–Crippen LogP) is 3.04. The Morgan fingerprint density at radius 2 is 1.89 bits per heavy atom. The first-order valence-electron chi connectivity index (χ1n) is 9.28. The lowest BCUT2D eigenvalue weighted by molar-refractivity contribution is -0.126. The number of nitrogens with one attached hydrogen (secondary N) is 3. The van der Waals surface area contributed by atoms with Crippen molar-refractivity contribution in [3.05, 3.63) is 52.7 Å². The average Bonchev–Trinajstić information content (AvgIpc) is 3.20. The molecule has 1 saturated heterocycles. The maximum Gasteiger partial charge on any atom is 0.319 e. The molecule has 0 saturated carbocycles. The van der Waals surface area contributed by atoms with Crippen molar-refractivity contribution in [2.75, 3.05) is 18.4 Å². The summed E-state index contributed by atoms with van der Waals surface area (Å²) in [4.78, 5) is 27.8. The van der Waals surface area contributed by atoms with Gasteiger partial charge in [0.05, 0.1) is 12.6 Å². The zero-order valence-electron chi connectivity index (χ0n) is 15.5. The van der Waals surface area contributed by atoms with Crippen molar-refractivity contribution in [3.63, 3.8) is 0 Å². The second kappa shape index (κ2) is 9.53. The van der Waals surface area contributed by atoms with E-state index in [1.807, 2.05) is 54.8 Å². The van der Waals surface area contributed by atoms with Crippen LogP contribution < -0.4 is 16.0 Å². The van der Waals surface area contributed by atoms with Crippen molar-refractivity contribution < 1.29 is 9.59 Å². The van der Waals surface area contributed by atoms with Gasteiger partial charge in [0.25, 0.3) is 0 Å². The molecule has 1 aromatic carbocycles. The first kappa shape index (κ1) is 19.4. The third-order valence-corrected chi connectivity index (χ3v) is 5.72. The molecule has 3 N–H and O–H groups in total. The van der Waals surface area contributed by atoms with Gasteiger partial charge >= 0.3 is 6.03 Å². The van der Waals surface area contributed by atoms with Gasteiger partial charge in [-0.1, -0.05) is 24.3 Å². The van der Waals surface area contributed by atoms with Crippen LogP contribution in [0.25, 0.3) is 0 Å². The number of piperidine rings is 1. The van der Waals surface area contributed by atoms with Gasteiger partial charge < -0.3 is 16.0 Å². The molecular formula is C20H26N4O2S. The van der Waals surface area contributed by atoms with Crippen LogP contribution in [0.4, 0.5) is 10.5 Å². The molecule has 7 heteroatoms. The number of urea groups is 1. The summed E-state index contributed by atoms with van der Waals surface area (Å²) >= 11 is 1.64. The number of carbonyl (C=O) groups excluding carboxylic acids is 2. The van der Waals surface area contributed by atoms with E-state index >= 15 is 0 Å². The monoisotopic (exact) mass is 386 g/mol. The van der Waals surface area contributed by atoms with E-state index in [4.69, 9.17) is 0 Å². The molecule has 1 aromatic heterocycles. The summed E-state index contributed by atoms with van der Waals surface area (Å²) in [7, 11) is 0. The van der Waals surface area contributed by atoms with Gasteiger partial charge in [-0.15, -0.1) is 11.3 Å². The summed E-state index contributed by atoms with van der Waals surface area (Å²) in [5.41, 5.74) is 0.781. The smallest absolute Gasteiger partial charge is 0.319 e. The quantitative estimate of drug-likeness (QED) is 0.714. The zero-order chi connectivity index (χ0) is 19.1. The lowest BCUT2D eigenvalue weighted by Gasteiger charge is -2.35. The van der Waals surface area contributed by atoms with Gasteiger partial charge in [-0.2, -0.15) is 0 Å². The molecular weight excluding hydrogens is 360 g/mol. The first-order valence-corrected chi connectivity index (χ1v) is 10.2. The normalized spacial score (nSPS) is 16.5. The predicted molar refractivity (Wildman–Crippen MR) is 109 cm³/mol. The van der Waals surface area contributed by atoms with E-state index in [1.165, 1.54) is 0 Å². The molecule has 1 atom stereocenters. The lowest BCUT2D eigenvalue weighted by atomic mass is 10.0. The molecule has 0 spiro atoms. The van der Waals surface area contributed by atoms with Crippen molar-refractivity contribution in [3.8, 4) is 0 Å². The number of rotatable bonds is 6. The summed E-state index contributed by atoms with van der Waals surface area (Å²) in [6.07, 6.45) is 1.68. The molecule has 6 nitrogen and oxygen atoms in total. The molecule has 1 aliphatic rings.